The minimum atomic E-state index is -5.07. The number of fused-ring (bicyclic) bond motifs is 3. The van der Waals surface area contributed by atoms with E-state index in [1.54, 1.807) is 28.0 Å². The topological polar surface area (TPSA) is 288 Å². The van der Waals surface area contributed by atoms with Crippen LogP contribution in [0.25, 0.3) is 21.9 Å². The van der Waals surface area contributed by atoms with Crippen molar-refractivity contribution in [2.24, 2.45) is 24.6 Å². The molecule has 1 saturated carbocycles. The number of nitrogens with one attached hydrogen (secondary N) is 4. The van der Waals surface area contributed by atoms with E-state index < -0.39 is 67.0 Å². The van der Waals surface area contributed by atoms with E-state index >= 15 is 0 Å². The molecule has 1 unspecified atom stereocenters. The molecule has 2 aromatic carbocycles. The van der Waals surface area contributed by atoms with Gasteiger partial charge in [0.2, 0.25) is 29.5 Å². The Labute approximate surface area is 397 Å². The highest BCUT2D eigenvalue weighted by Crippen LogP contribution is 2.40. The third-order valence-corrected chi connectivity index (χ3v) is 15.3. The Morgan fingerprint density at radius 3 is 2.38 bits per heavy atom. The fourth-order valence-electron chi connectivity index (χ4n) is 10.7. The lowest BCUT2D eigenvalue weighted by atomic mass is 9.78. The number of carbonyl (C=O) groups excluding carboxylic acids is 7. The summed E-state index contributed by atoms with van der Waals surface area (Å²) >= 11 is 0. The smallest absolute Gasteiger partial charge is 0.370 e. The fraction of sp³-hybridized carbons (Fsp3) is 0.500. The van der Waals surface area contributed by atoms with Gasteiger partial charge in [-0.05, 0) is 131 Å². The maximum absolute atomic E-state index is 14.7. The van der Waals surface area contributed by atoms with E-state index in [2.05, 4.69) is 27.5 Å². The molecule has 0 bridgehead atoms. The Hall–Kier alpha value is -6.37. The molecule has 4 aliphatic rings. The predicted octanol–water partition coefficient (Wildman–Crippen LogP) is 3.00. The van der Waals surface area contributed by atoms with E-state index in [1.807, 2.05) is 18.2 Å². The Kier molecular flexibility index (Phi) is 14.2. The molecule has 6 amide bonds. The first-order chi connectivity index (χ1) is 32.7. The normalized spacial score (nSPS) is 23.8. The van der Waals surface area contributed by atoms with Crippen LogP contribution in [0.4, 0.5) is 0 Å². The molecule has 1 aliphatic carbocycles. The van der Waals surface area contributed by atoms with Crippen LogP contribution in [0.2, 0.25) is 0 Å². The monoisotopic (exact) mass is 969 g/mol. The van der Waals surface area contributed by atoms with Gasteiger partial charge in [-0.3, -0.25) is 47.3 Å². The highest BCUT2D eigenvalue weighted by Gasteiger charge is 2.46. The molecule has 20 nitrogen and oxygen atoms in total. The van der Waals surface area contributed by atoms with E-state index in [0.29, 0.717) is 66.6 Å². The molecule has 2 aromatic heterocycles. The van der Waals surface area contributed by atoms with Gasteiger partial charge < -0.3 is 46.3 Å². The molecule has 3 aliphatic heterocycles. The fourth-order valence-corrected chi connectivity index (χ4v) is 11.2. The van der Waals surface area contributed by atoms with Crippen LogP contribution in [-0.4, -0.2) is 112 Å². The van der Waals surface area contributed by atoms with Crippen molar-refractivity contribution in [1.29, 1.82) is 0 Å². The zero-order chi connectivity index (χ0) is 49.5. The maximum Gasteiger partial charge on any atom is 0.396 e. The van der Waals surface area contributed by atoms with Crippen molar-refractivity contribution in [3.8, 4) is 0 Å². The van der Waals surface area contributed by atoms with Gasteiger partial charge in [-0.15, -0.1) is 0 Å². The summed E-state index contributed by atoms with van der Waals surface area (Å²) < 4.78 is 14.8. The number of amides is 6. The van der Waals surface area contributed by atoms with E-state index in [-0.39, 0.29) is 60.6 Å². The number of carbonyl (C=O) groups is 7. The second kappa shape index (κ2) is 19.9. The first-order valence-corrected chi connectivity index (χ1v) is 25.3. The molecule has 0 radical (unpaired) electrons. The number of H-pyrrole nitrogens is 1. The van der Waals surface area contributed by atoms with E-state index in [0.717, 1.165) is 43.2 Å². The number of piperidine rings is 1. The number of rotatable bonds is 14. The zero-order valence-corrected chi connectivity index (χ0v) is 39.7. The molecule has 4 fully saturated rings. The van der Waals surface area contributed by atoms with Crippen molar-refractivity contribution < 1.29 is 47.9 Å². The Morgan fingerprint density at radius 1 is 0.928 bits per heavy atom. The highest BCUT2D eigenvalue weighted by atomic mass is 31.2. The number of nitrogens with zero attached hydrogens (tertiary/aromatic N) is 4. The number of hydrogen-bond donors (Lipinski definition) is 7. The Balaban J connectivity index is 0.943. The lowest BCUT2D eigenvalue weighted by Gasteiger charge is -2.39. The molecule has 69 heavy (non-hydrogen) atoms. The van der Waals surface area contributed by atoms with E-state index in [1.165, 1.54) is 29.2 Å². The average molecular weight is 970 g/mol. The molecule has 4 aromatic rings. The van der Waals surface area contributed by atoms with E-state index in [4.69, 9.17) is 5.73 Å². The minimum Gasteiger partial charge on any atom is -0.370 e. The number of hydrogen-bond acceptors (Lipinski definition) is 9. The number of aromatic amines is 1. The number of nitrogens with two attached hydrogens (primary N) is 1. The molecule has 5 heterocycles. The predicted molar refractivity (Wildman–Crippen MR) is 253 cm³/mol. The summed E-state index contributed by atoms with van der Waals surface area (Å²) in [6.45, 7) is 5.73. The standard InChI is InChI=1S/C48H60N9O11P/c1-26-4-14-39(45(62)50-26)57-37-15-10-30(21-40(37)54(3)48(57)65)20-28-6-8-29(9-7-28)22-42(59)55-19-18-33-12-16-38(44(61)51-27(2)5-17-41(49)58)56(33)46(63)36(25-55)53-43(60)35-24-32-23-31(11-13-34(32)52-35)47(64)69(66,67)68/h10-11,13,15,21,23-24,27-29,33,36,38-39,52H,1,4-9,12,14,16-20,22,25H2,2-3H3,(H2,49,58)(H,50,62)(H,51,61)(H,53,60)(H2,66,67,68)/t27-,28-,29+,33-,36+,38+,39?/m1/s1. The lowest BCUT2D eigenvalue weighted by Crippen LogP contribution is -2.61. The van der Waals surface area contributed by atoms with Crippen molar-refractivity contribution in [3.63, 3.8) is 0 Å². The van der Waals surface area contributed by atoms with Crippen LogP contribution in [-0.2, 0) is 42.0 Å². The van der Waals surface area contributed by atoms with Crippen molar-refractivity contribution in [3.05, 3.63) is 82.0 Å². The summed E-state index contributed by atoms with van der Waals surface area (Å²) in [6.07, 6.45) is 7.22. The molecule has 8 N–H and O–H groups in total. The average Bonchev–Trinajstić information content (AvgIpc) is 3.99. The van der Waals surface area contributed by atoms with Crippen LogP contribution in [0.1, 0.15) is 116 Å². The van der Waals surface area contributed by atoms with Gasteiger partial charge in [0.25, 0.3) is 11.4 Å². The highest BCUT2D eigenvalue weighted by molar-refractivity contribution is 7.70. The second-order valence-corrected chi connectivity index (χ2v) is 20.9. The van der Waals surface area contributed by atoms with Gasteiger partial charge in [0.1, 0.15) is 23.8 Å². The van der Waals surface area contributed by atoms with Crippen LogP contribution in [0, 0.1) is 11.8 Å². The summed E-state index contributed by atoms with van der Waals surface area (Å²) in [4.78, 5) is 131. The Bertz CT molecular complexity index is 2850. The molecule has 368 valence electrons. The molecule has 21 heteroatoms. The maximum atomic E-state index is 14.7. The SMILES string of the molecule is C=C1CCC(n2c(=O)n(C)c3cc(C[C@H]4CC[C@@H](CC(=O)N5CC[C@H]6CC[C@@H](C(=O)N[C@H](C)CCC(N)=O)N6C(=O)[C@@H](NC(=O)c6cc7cc(C(=O)P(=O)(O)O)ccc7[nH]6)C5)CC4)ccc32)C(=O)N1. The van der Waals surface area contributed by atoms with Gasteiger partial charge >= 0.3 is 13.3 Å². The van der Waals surface area contributed by atoms with Crippen LogP contribution in [0.5, 0.6) is 0 Å². The van der Waals surface area contributed by atoms with Gasteiger partial charge in [-0.25, -0.2) is 4.79 Å². The van der Waals surface area contributed by atoms with Gasteiger partial charge in [0.05, 0.1) is 11.0 Å². The number of imidazole rings is 1. The molecule has 8 rings (SSSR count). The number of benzene rings is 2. The van der Waals surface area contributed by atoms with Gasteiger partial charge in [0, 0.05) is 67.2 Å². The quantitative estimate of drug-likeness (QED) is 0.0902. The summed E-state index contributed by atoms with van der Waals surface area (Å²) in [5.74, 6) is -2.06. The first kappa shape index (κ1) is 49.1. The summed E-state index contributed by atoms with van der Waals surface area (Å²) in [6, 6.07) is 7.74. The summed E-state index contributed by atoms with van der Waals surface area (Å²) in [5, 5.41) is 8.81. The number of aryl methyl sites for hydroxylation is 1. The molecule has 5 atom stereocenters. The van der Waals surface area contributed by atoms with Crippen LogP contribution >= 0.6 is 7.60 Å². The number of aromatic nitrogens is 3. The Morgan fingerprint density at radius 2 is 1.67 bits per heavy atom. The number of primary amides is 1. The van der Waals surface area contributed by atoms with Crippen molar-refractivity contribution >= 4 is 70.5 Å². The number of allylic oxidation sites excluding steroid dienone is 1. The second-order valence-electron chi connectivity index (χ2n) is 19.4. The van der Waals surface area contributed by atoms with Gasteiger partial charge in [-0.1, -0.05) is 12.6 Å². The van der Waals surface area contributed by atoms with Crippen molar-refractivity contribution in [1.82, 2.24) is 39.9 Å². The van der Waals surface area contributed by atoms with E-state index in [9.17, 15) is 52.7 Å². The summed E-state index contributed by atoms with van der Waals surface area (Å²) in [7, 11) is -3.36. The van der Waals surface area contributed by atoms with Crippen LogP contribution in [0.3, 0.4) is 0 Å². The largest absolute Gasteiger partial charge is 0.396 e. The van der Waals surface area contributed by atoms with Crippen molar-refractivity contribution in [2.75, 3.05) is 13.1 Å². The van der Waals surface area contributed by atoms with Crippen LogP contribution < -0.4 is 27.4 Å². The first-order valence-electron chi connectivity index (χ1n) is 23.7. The molecular weight excluding hydrogens is 910 g/mol. The third-order valence-electron chi connectivity index (χ3n) is 14.5. The molecular formula is C48H60N9O11P. The minimum absolute atomic E-state index is 0.00595. The molecule has 0 spiro atoms. The zero-order valence-electron chi connectivity index (χ0n) is 38.8. The molecule has 3 saturated heterocycles. The van der Waals surface area contributed by atoms with Crippen molar-refractivity contribution in [2.45, 2.75) is 121 Å². The van der Waals surface area contributed by atoms with Gasteiger partial charge in [-0.2, -0.15) is 0 Å². The lowest BCUT2D eigenvalue weighted by molar-refractivity contribution is -0.145. The van der Waals surface area contributed by atoms with Gasteiger partial charge in [0.15, 0.2) is 0 Å². The van der Waals surface area contributed by atoms with Crippen LogP contribution in [0.15, 0.2) is 59.5 Å². The third kappa shape index (κ3) is 10.6. The summed E-state index contributed by atoms with van der Waals surface area (Å²) in [5.41, 5.74) is 7.03.